The van der Waals surface area contributed by atoms with Crippen LogP contribution in [0.3, 0.4) is 0 Å². The summed E-state index contributed by atoms with van der Waals surface area (Å²) in [5.41, 5.74) is 3.62. The monoisotopic (exact) mass is 247 g/mol. The van der Waals surface area contributed by atoms with E-state index in [0.717, 1.165) is 5.56 Å². The summed E-state index contributed by atoms with van der Waals surface area (Å²) in [7, 11) is 0. The van der Waals surface area contributed by atoms with E-state index >= 15 is 0 Å². The van der Waals surface area contributed by atoms with Crippen molar-refractivity contribution in [1.29, 1.82) is 0 Å². The Labute approximate surface area is 109 Å². The van der Waals surface area contributed by atoms with Gasteiger partial charge >= 0.3 is 5.97 Å². The van der Waals surface area contributed by atoms with Crippen LogP contribution >= 0.6 is 0 Å². The summed E-state index contributed by atoms with van der Waals surface area (Å²) in [6, 6.07) is 6.33. The maximum atomic E-state index is 10.9. The van der Waals surface area contributed by atoms with Crippen LogP contribution in [0.4, 0.5) is 0 Å². The van der Waals surface area contributed by atoms with E-state index in [1.807, 2.05) is 11.8 Å². The zero-order valence-corrected chi connectivity index (χ0v) is 11.3. The summed E-state index contributed by atoms with van der Waals surface area (Å²) in [6.45, 7) is 10.4. The molecule has 98 valence electrons. The second-order valence-electron chi connectivity index (χ2n) is 4.63. The number of nitrogens with zero attached hydrogens (tertiary/aromatic N) is 1. The Hall–Kier alpha value is -1.61. The molecule has 1 unspecified atom stereocenters. The quantitative estimate of drug-likeness (QED) is 0.786. The summed E-state index contributed by atoms with van der Waals surface area (Å²) in [5.74, 6) is -0.812. The molecule has 0 spiro atoms. The Morgan fingerprint density at radius 3 is 2.61 bits per heavy atom. The number of rotatable bonds is 6. The number of benzene rings is 1. The molecule has 1 N–H and O–H groups in total. The second kappa shape index (κ2) is 6.36. The number of carbonyl (C=O) groups is 1. The molecule has 0 saturated carbocycles. The van der Waals surface area contributed by atoms with Crippen LogP contribution in [0.25, 0.3) is 0 Å². The summed E-state index contributed by atoms with van der Waals surface area (Å²) in [5, 5.41) is 8.93. The first-order chi connectivity index (χ1) is 8.45. The van der Waals surface area contributed by atoms with Crippen molar-refractivity contribution < 1.29 is 9.90 Å². The summed E-state index contributed by atoms with van der Waals surface area (Å²) in [4.78, 5) is 12.8. The fourth-order valence-corrected chi connectivity index (χ4v) is 1.93. The number of hydrogen-bond acceptors (Lipinski definition) is 2. The van der Waals surface area contributed by atoms with Crippen LogP contribution in [0, 0.1) is 13.8 Å². The van der Waals surface area contributed by atoms with Gasteiger partial charge in [0.25, 0.3) is 0 Å². The van der Waals surface area contributed by atoms with Crippen molar-refractivity contribution in [3.05, 3.63) is 47.5 Å². The molecule has 0 bridgehead atoms. The van der Waals surface area contributed by atoms with E-state index in [9.17, 15) is 4.79 Å². The lowest BCUT2D eigenvalue weighted by Gasteiger charge is -2.27. The number of carboxylic acids is 1. The van der Waals surface area contributed by atoms with Crippen LogP contribution in [0.2, 0.25) is 0 Å². The van der Waals surface area contributed by atoms with Crippen molar-refractivity contribution >= 4 is 5.97 Å². The highest BCUT2D eigenvalue weighted by atomic mass is 16.4. The standard InChI is InChI=1S/C15H21NO2/c1-5-8-16(10-15(17)18)13(4)14-7-6-11(2)12(3)9-14/h5-7,9,13H,1,8,10H2,2-4H3,(H,17,18). The van der Waals surface area contributed by atoms with Gasteiger partial charge in [0.1, 0.15) is 0 Å². The Bertz CT molecular complexity index is 440. The molecule has 18 heavy (non-hydrogen) atoms. The van der Waals surface area contributed by atoms with Gasteiger partial charge in [0.05, 0.1) is 6.54 Å². The van der Waals surface area contributed by atoms with Gasteiger partial charge in [0, 0.05) is 12.6 Å². The second-order valence-corrected chi connectivity index (χ2v) is 4.63. The van der Waals surface area contributed by atoms with E-state index in [1.54, 1.807) is 6.08 Å². The van der Waals surface area contributed by atoms with Crippen molar-refractivity contribution in [2.45, 2.75) is 26.8 Å². The topological polar surface area (TPSA) is 40.5 Å². The van der Waals surface area contributed by atoms with Gasteiger partial charge in [0.2, 0.25) is 0 Å². The van der Waals surface area contributed by atoms with E-state index < -0.39 is 5.97 Å². The van der Waals surface area contributed by atoms with E-state index in [2.05, 4.69) is 38.6 Å². The van der Waals surface area contributed by atoms with E-state index in [1.165, 1.54) is 11.1 Å². The number of aliphatic carboxylic acids is 1. The zero-order chi connectivity index (χ0) is 13.7. The van der Waals surface area contributed by atoms with E-state index in [0.29, 0.717) is 6.54 Å². The summed E-state index contributed by atoms with van der Waals surface area (Å²) in [6.07, 6.45) is 1.74. The molecule has 1 atom stereocenters. The molecule has 0 aromatic heterocycles. The lowest BCUT2D eigenvalue weighted by molar-refractivity contribution is -0.138. The molecule has 0 amide bonds. The third kappa shape index (κ3) is 3.70. The molecule has 1 aromatic carbocycles. The predicted molar refractivity (Wildman–Crippen MR) is 73.7 cm³/mol. The largest absolute Gasteiger partial charge is 0.480 e. The highest BCUT2D eigenvalue weighted by Gasteiger charge is 2.17. The molecule has 1 aromatic rings. The third-order valence-corrected chi connectivity index (χ3v) is 3.26. The minimum atomic E-state index is -0.812. The summed E-state index contributed by atoms with van der Waals surface area (Å²) < 4.78 is 0. The van der Waals surface area contributed by atoms with Crippen LogP contribution < -0.4 is 0 Å². The fourth-order valence-electron chi connectivity index (χ4n) is 1.93. The normalized spacial score (nSPS) is 12.4. The molecule has 0 fully saturated rings. The first-order valence-corrected chi connectivity index (χ1v) is 6.09. The molecular weight excluding hydrogens is 226 g/mol. The fraction of sp³-hybridized carbons (Fsp3) is 0.400. The number of hydrogen-bond donors (Lipinski definition) is 1. The van der Waals surface area contributed by atoms with E-state index in [4.69, 9.17) is 5.11 Å². The Morgan fingerprint density at radius 1 is 1.44 bits per heavy atom. The van der Waals surface area contributed by atoms with Crippen LogP contribution in [-0.4, -0.2) is 29.1 Å². The third-order valence-electron chi connectivity index (χ3n) is 3.26. The van der Waals surface area contributed by atoms with Gasteiger partial charge in [-0.2, -0.15) is 0 Å². The smallest absolute Gasteiger partial charge is 0.317 e. The molecule has 1 rings (SSSR count). The van der Waals surface area contributed by atoms with Gasteiger partial charge in [-0.1, -0.05) is 24.3 Å². The molecule has 0 saturated heterocycles. The molecule has 3 heteroatoms. The first-order valence-electron chi connectivity index (χ1n) is 6.09. The number of aryl methyl sites for hydroxylation is 2. The van der Waals surface area contributed by atoms with Crippen LogP contribution in [0.5, 0.6) is 0 Å². The average Bonchev–Trinajstić information content (AvgIpc) is 2.31. The Balaban J connectivity index is 2.93. The lowest BCUT2D eigenvalue weighted by atomic mass is 10.0. The highest BCUT2D eigenvalue weighted by Crippen LogP contribution is 2.22. The van der Waals surface area contributed by atoms with Crippen molar-refractivity contribution in [1.82, 2.24) is 4.90 Å². The molecular formula is C15H21NO2. The maximum absolute atomic E-state index is 10.9. The van der Waals surface area contributed by atoms with Crippen molar-refractivity contribution in [2.75, 3.05) is 13.1 Å². The first kappa shape index (κ1) is 14.5. The molecule has 3 nitrogen and oxygen atoms in total. The van der Waals surface area contributed by atoms with Crippen LogP contribution in [0.15, 0.2) is 30.9 Å². The van der Waals surface area contributed by atoms with Gasteiger partial charge in [-0.3, -0.25) is 9.69 Å². The van der Waals surface area contributed by atoms with Crippen molar-refractivity contribution in [3.8, 4) is 0 Å². The summed E-state index contributed by atoms with van der Waals surface area (Å²) >= 11 is 0. The Morgan fingerprint density at radius 2 is 2.11 bits per heavy atom. The minimum absolute atomic E-state index is 0.0279. The molecule has 0 aliphatic heterocycles. The predicted octanol–water partition coefficient (Wildman–Crippen LogP) is 2.94. The average molecular weight is 247 g/mol. The van der Waals surface area contributed by atoms with Gasteiger partial charge in [-0.05, 0) is 37.5 Å². The highest BCUT2D eigenvalue weighted by molar-refractivity contribution is 5.69. The van der Waals surface area contributed by atoms with Crippen molar-refractivity contribution in [2.24, 2.45) is 0 Å². The Kier molecular flexibility index (Phi) is 5.10. The SMILES string of the molecule is C=CCN(CC(=O)O)C(C)c1ccc(C)c(C)c1. The van der Waals surface area contributed by atoms with Crippen molar-refractivity contribution in [3.63, 3.8) is 0 Å². The molecule has 0 aliphatic rings. The van der Waals surface area contributed by atoms with Gasteiger partial charge in [-0.15, -0.1) is 6.58 Å². The molecule has 0 heterocycles. The van der Waals surface area contributed by atoms with Gasteiger partial charge in [-0.25, -0.2) is 0 Å². The molecule has 0 aliphatic carbocycles. The van der Waals surface area contributed by atoms with Crippen LogP contribution in [0.1, 0.15) is 29.7 Å². The lowest BCUT2D eigenvalue weighted by Crippen LogP contribution is -2.32. The van der Waals surface area contributed by atoms with Gasteiger partial charge < -0.3 is 5.11 Å². The minimum Gasteiger partial charge on any atom is -0.480 e. The maximum Gasteiger partial charge on any atom is 0.317 e. The zero-order valence-electron chi connectivity index (χ0n) is 11.3. The van der Waals surface area contributed by atoms with E-state index in [-0.39, 0.29) is 12.6 Å². The molecule has 0 radical (unpaired) electrons. The van der Waals surface area contributed by atoms with Gasteiger partial charge in [0.15, 0.2) is 0 Å². The number of carboxylic acid groups (broad SMARTS) is 1. The van der Waals surface area contributed by atoms with Crippen LogP contribution in [-0.2, 0) is 4.79 Å².